The van der Waals surface area contributed by atoms with Crippen LogP contribution >= 0.6 is 0 Å². The van der Waals surface area contributed by atoms with E-state index in [1.165, 1.54) is 0 Å². The van der Waals surface area contributed by atoms with Crippen LogP contribution in [0.15, 0.2) is 12.7 Å². The summed E-state index contributed by atoms with van der Waals surface area (Å²) in [6.07, 6.45) is 2.93. The Balaban J connectivity index is 2.96. The van der Waals surface area contributed by atoms with Gasteiger partial charge in [-0.1, -0.05) is 6.08 Å². The summed E-state index contributed by atoms with van der Waals surface area (Å²) in [5.41, 5.74) is 5.30. The van der Waals surface area contributed by atoms with Crippen LogP contribution in [0.3, 0.4) is 0 Å². The number of ether oxygens (including phenoxy) is 1. The van der Waals surface area contributed by atoms with Crippen LogP contribution in [0.1, 0.15) is 13.3 Å². The molecular weight excluding hydrogens is 114 g/mol. The summed E-state index contributed by atoms with van der Waals surface area (Å²) in [4.78, 5) is 0. The van der Waals surface area contributed by atoms with E-state index in [1.54, 1.807) is 0 Å². The van der Waals surface area contributed by atoms with Gasteiger partial charge in [-0.15, -0.1) is 6.58 Å². The summed E-state index contributed by atoms with van der Waals surface area (Å²) in [5.74, 6) is 0. The van der Waals surface area contributed by atoms with Gasteiger partial charge in [0, 0.05) is 6.54 Å². The maximum absolute atomic E-state index is 5.30. The molecule has 0 heterocycles. The van der Waals surface area contributed by atoms with E-state index < -0.39 is 0 Å². The smallest absolute Gasteiger partial charge is 0.0669 e. The van der Waals surface area contributed by atoms with E-state index in [-0.39, 0.29) is 6.10 Å². The van der Waals surface area contributed by atoms with Crippen LogP contribution in [0.4, 0.5) is 0 Å². The van der Waals surface area contributed by atoms with Gasteiger partial charge in [-0.3, -0.25) is 0 Å². The third kappa shape index (κ3) is 5.53. The highest BCUT2D eigenvalue weighted by molar-refractivity contribution is 4.65. The van der Waals surface area contributed by atoms with E-state index in [0.717, 1.165) is 13.0 Å². The van der Waals surface area contributed by atoms with E-state index in [1.807, 2.05) is 13.0 Å². The number of hydrogen-bond donors (Lipinski definition) is 1. The van der Waals surface area contributed by atoms with Crippen molar-refractivity contribution in [2.75, 3.05) is 13.2 Å². The third-order valence-electron chi connectivity index (χ3n) is 1.06. The van der Waals surface area contributed by atoms with Gasteiger partial charge < -0.3 is 10.5 Å². The molecule has 2 heteroatoms. The standard InChI is InChI=1S/C7H15NO/c1-3-4-5-9-7(2)6-8/h3,7H,1,4-6,8H2,2H3. The largest absolute Gasteiger partial charge is 0.377 e. The molecule has 0 fully saturated rings. The van der Waals surface area contributed by atoms with Crippen molar-refractivity contribution in [3.05, 3.63) is 12.7 Å². The highest BCUT2D eigenvalue weighted by Crippen LogP contribution is 1.89. The van der Waals surface area contributed by atoms with Gasteiger partial charge in [-0.05, 0) is 13.3 Å². The zero-order valence-electron chi connectivity index (χ0n) is 5.97. The fourth-order valence-corrected chi connectivity index (χ4v) is 0.421. The van der Waals surface area contributed by atoms with Gasteiger partial charge in [0.2, 0.25) is 0 Å². The van der Waals surface area contributed by atoms with Crippen molar-refractivity contribution in [3.63, 3.8) is 0 Å². The molecule has 0 saturated heterocycles. The van der Waals surface area contributed by atoms with Crippen LogP contribution in [-0.2, 0) is 4.74 Å². The van der Waals surface area contributed by atoms with Crippen molar-refractivity contribution in [2.24, 2.45) is 5.73 Å². The van der Waals surface area contributed by atoms with E-state index >= 15 is 0 Å². The summed E-state index contributed by atoms with van der Waals surface area (Å²) < 4.78 is 5.24. The van der Waals surface area contributed by atoms with E-state index in [4.69, 9.17) is 10.5 Å². The topological polar surface area (TPSA) is 35.2 Å². The van der Waals surface area contributed by atoms with Gasteiger partial charge in [0.15, 0.2) is 0 Å². The maximum Gasteiger partial charge on any atom is 0.0669 e. The molecule has 1 atom stereocenters. The molecule has 9 heavy (non-hydrogen) atoms. The average molecular weight is 129 g/mol. The molecule has 0 saturated carbocycles. The predicted molar refractivity (Wildman–Crippen MR) is 39.3 cm³/mol. The Hall–Kier alpha value is -0.340. The van der Waals surface area contributed by atoms with Crippen molar-refractivity contribution in [1.82, 2.24) is 0 Å². The minimum absolute atomic E-state index is 0.185. The van der Waals surface area contributed by atoms with Crippen LogP contribution in [0.2, 0.25) is 0 Å². The number of hydrogen-bond acceptors (Lipinski definition) is 2. The Morgan fingerprint density at radius 3 is 2.89 bits per heavy atom. The molecule has 0 aromatic rings. The van der Waals surface area contributed by atoms with Crippen molar-refractivity contribution < 1.29 is 4.74 Å². The van der Waals surface area contributed by atoms with Crippen molar-refractivity contribution in [2.45, 2.75) is 19.4 Å². The molecule has 0 aliphatic rings. The summed E-state index contributed by atoms with van der Waals surface area (Å²) in [5, 5.41) is 0. The Morgan fingerprint density at radius 1 is 1.78 bits per heavy atom. The summed E-state index contributed by atoms with van der Waals surface area (Å²) in [6.45, 7) is 6.87. The minimum Gasteiger partial charge on any atom is -0.377 e. The van der Waals surface area contributed by atoms with Crippen LogP contribution < -0.4 is 5.73 Å². The number of rotatable bonds is 5. The molecular formula is C7H15NO. The van der Waals surface area contributed by atoms with E-state index in [0.29, 0.717) is 6.54 Å². The number of nitrogens with two attached hydrogens (primary N) is 1. The Morgan fingerprint density at radius 2 is 2.44 bits per heavy atom. The van der Waals surface area contributed by atoms with Crippen LogP contribution in [0.25, 0.3) is 0 Å². The monoisotopic (exact) mass is 129 g/mol. The van der Waals surface area contributed by atoms with Crippen LogP contribution in [0.5, 0.6) is 0 Å². The molecule has 0 bridgehead atoms. The molecule has 0 rings (SSSR count). The Labute approximate surface area is 56.7 Å². The molecule has 0 aliphatic heterocycles. The van der Waals surface area contributed by atoms with Gasteiger partial charge in [0.25, 0.3) is 0 Å². The molecule has 0 aliphatic carbocycles. The molecule has 0 spiro atoms. The van der Waals surface area contributed by atoms with Crippen molar-refractivity contribution in [1.29, 1.82) is 0 Å². The van der Waals surface area contributed by atoms with Gasteiger partial charge >= 0.3 is 0 Å². The zero-order valence-corrected chi connectivity index (χ0v) is 5.97. The van der Waals surface area contributed by atoms with Crippen LogP contribution in [-0.4, -0.2) is 19.3 Å². The first-order valence-corrected chi connectivity index (χ1v) is 3.23. The van der Waals surface area contributed by atoms with E-state index in [9.17, 15) is 0 Å². The van der Waals surface area contributed by atoms with Gasteiger partial charge in [0.05, 0.1) is 12.7 Å². The highest BCUT2D eigenvalue weighted by Gasteiger charge is 1.94. The molecule has 0 radical (unpaired) electrons. The lowest BCUT2D eigenvalue weighted by molar-refractivity contribution is 0.0755. The lowest BCUT2D eigenvalue weighted by Crippen LogP contribution is -2.20. The molecule has 2 N–H and O–H groups in total. The average Bonchev–Trinajstić information content (AvgIpc) is 1.89. The van der Waals surface area contributed by atoms with Crippen molar-refractivity contribution in [3.8, 4) is 0 Å². The molecule has 1 unspecified atom stereocenters. The SMILES string of the molecule is C=CCCOC(C)CN. The lowest BCUT2D eigenvalue weighted by atomic mass is 10.4. The minimum atomic E-state index is 0.185. The lowest BCUT2D eigenvalue weighted by Gasteiger charge is -2.07. The summed E-state index contributed by atoms with van der Waals surface area (Å²) >= 11 is 0. The van der Waals surface area contributed by atoms with Crippen molar-refractivity contribution >= 4 is 0 Å². The summed E-state index contributed by atoms with van der Waals surface area (Å²) in [6, 6.07) is 0. The molecule has 0 aromatic heterocycles. The second-order valence-electron chi connectivity index (χ2n) is 1.99. The molecule has 54 valence electrons. The fourth-order valence-electron chi connectivity index (χ4n) is 0.421. The molecule has 0 aromatic carbocycles. The maximum atomic E-state index is 5.30. The third-order valence-corrected chi connectivity index (χ3v) is 1.06. The molecule has 2 nitrogen and oxygen atoms in total. The quantitative estimate of drug-likeness (QED) is 0.442. The first-order valence-electron chi connectivity index (χ1n) is 3.23. The zero-order chi connectivity index (χ0) is 7.11. The fraction of sp³-hybridized carbons (Fsp3) is 0.714. The van der Waals surface area contributed by atoms with Gasteiger partial charge in [-0.25, -0.2) is 0 Å². The van der Waals surface area contributed by atoms with Gasteiger partial charge in [-0.2, -0.15) is 0 Å². The predicted octanol–water partition coefficient (Wildman–Crippen LogP) is 0.926. The highest BCUT2D eigenvalue weighted by atomic mass is 16.5. The molecule has 0 amide bonds. The van der Waals surface area contributed by atoms with E-state index in [2.05, 4.69) is 6.58 Å². The van der Waals surface area contributed by atoms with Gasteiger partial charge in [0.1, 0.15) is 0 Å². The summed E-state index contributed by atoms with van der Waals surface area (Å²) in [7, 11) is 0. The first-order chi connectivity index (χ1) is 4.31. The second-order valence-corrected chi connectivity index (χ2v) is 1.99. The van der Waals surface area contributed by atoms with Crippen LogP contribution in [0, 0.1) is 0 Å². The first kappa shape index (κ1) is 8.66. The Kier molecular flexibility index (Phi) is 5.57. The normalized spacial score (nSPS) is 13.1. The second kappa shape index (κ2) is 5.79. The Bertz CT molecular complexity index is 73.3.